The van der Waals surface area contributed by atoms with Crippen molar-refractivity contribution in [1.29, 1.82) is 0 Å². The lowest BCUT2D eigenvalue weighted by Gasteiger charge is -2.22. The second kappa shape index (κ2) is 8.24. The van der Waals surface area contributed by atoms with Crippen molar-refractivity contribution in [3.63, 3.8) is 0 Å². The van der Waals surface area contributed by atoms with Crippen LogP contribution in [0.2, 0.25) is 0 Å². The number of nitrogens with one attached hydrogen (secondary N) is 2. The van der Waals surface area contributed by atoms with E-state index in [0.29, 0.717) is 11.4 Å². The van der Waals surface area contributed by atoms with Crippen molar-refractivity contribution >= 4 is 53.8 Å². The number of anilines is 4. The molecule has 0 atom stereocenters. The smallest absolute Gasteiger partial charge is 0.125 e. The van der Waals surface area contributed by atoms with Gasteiger partial charge in [-0.3, -0.25) is 0 Å². The predicted molar refractivity (Wildman–Crippen MR) is 119 cm³/mol. The van der Waals surface area contributed by atoms with E-state index in [2.05, 4.69) is 10.6 Å². The summed E-state index contributed by atoms with van der Waals surface area (Å²) in [5.74, 6) is 0. The summed E-state index contributed by atoms with van der Waals surface area (Å²) in [4.78, 5) is -1.29. The first kappa shape index (κ1) is 21.8. The van der Waals surface area contributed by atoms with Crippen molar-refractivity contribution < 1.29 is 25.9 Å². The molecular formula is C22H16N2O6S2-2. The highest BCUT2D eigenvalue weighted by Gasteiger charge is 2.20. The van der Waals surface area contributed by atoms with Gasteiger partial charge in [-0.2, -0.15) is 0 Å². The van der Waals surface area contributed by atoms with Gasteiger partial charge >= 0.3 is 0 Å². The van der Waals surface area contributed by atoms with Crippen molar-refractivity contribution in [3.8, 4) is 0 Å². The molecule has 0 saturated carbocycles. The van der Waals surface area contributed by atoms with E-state index in [4.69, 9.17) is 0 Å². The fraction of sp³-hybridized carbons (Fsp3) is 0. The minimum Gasteiger partial charge on any atom is -0.744 e. The summed E-state index contributed by atoms with van der Waals surface area (Å²) < 4.78 is 72.3. The van der Waals surface area contributed by atoms with Gasteiger partial charge in [0, 0.05) is 33.5 Å². The third kappa shape index (κ3) is 4.43. The van der Waals surface area contributed by atoms with Gasteiger partial charge in [-0.15, -0.1) is 0 Å². The van der Waals surface area contributed by atoms with Crippen LogP contribution < -0.4 is 10.6 Å². The van der Waals surface area contributed by atoms with Gasteiger partial charge in [-0.25, -0.2) is 16.8 Å². The second-order valence-electron chi connectivity index (χ2n) is 6.86. The zero-order valence-electron chi connectivity index (χ0n) is 16.3. The van der Waals surface area contributed by atoms with Crippen LogP contribution in [0.3, 0.4) is 0 Å². The molecule has 0 aliphatic rings. The fourth-order valence-electron chi connectivity index (χ4n) is 3.41. The molecule has 10 heteroatoms. The molecule has 0 radical (unpaired) electrons. The third-order valence-electron chi connectivity index (χ3n) is 4.73. The number of hydrogen-bond donors (Lipinski definition) is 2. The minimum atomic E-state index is -5.01. The maximum Gasteiger partial charge on any atom is 0.125 e. The Kier molecular flexibility index (Phi) is 5.61. The van der Waals surface area contributed by atoms with Gasteiger partial charge in [0.05, 0.1) is 9.79 Å². The Hall–Kier alpha value is -3.44. The molecular weight excluding hydrogens is 452 g/mol. The van der Waals surface area contributed by atoms with E-state index in [1.54, 1.807) is 60.7 Å². The summed E-state index contributed by atoms with van der Waals surface area (Å²) in [7, 11) is -10.0. The third-order valence-corrected chi connectivity index (χ3v) is 6.49. The number of hydrogen-bond acceptors (Lipinski definition) is 8. The number of fused-ring (bicyclic) bond motifs is 1. The van der Waals surface area contributed by atoms with Crippen LogP contribution in [0.25, 0.3) is 10.8 Å². The van der Waals surface area contributed by atoms with Crippen LogP contribution >= 0.6 is 0 Å². The Morgan fingerprint density at radius 2 is 0.844 bits per heavy atom. The minimum absolute atomic E-state index is 0.157. The highest BCUT2D eigenvalue weighted by molar-refractivity contribution is 7.86. The molecule has 0 saturated heterocycles. The van der Waals surface area contributed by atoms with Gasteiger partial charge in [-0.05, 0) is 48.5 Å². The van der Waals surface area contributed by atoms with Gasteiger partial charge in [0.1, 0.15) is 20.2 Å². The Balaban J connectivity index is 2.08. The highest BCUT2D eigenvalue weighted by Crippen LogP contribution is 2.41. The Morgan fingerprint density at radius 3 is 1.16 bits per heavy atom. The molecule has 8 nitrogen and oxygen atoms in total. The average Bonchev–Trinajstić information content (AvgIpc) is 2.74. The first-order valence-electron chi connectivity index (χ1n) is 9.30. The topological polar surface area (TPSA) is 138 Å². The van der Waals surface area contributed by atoms with Crippen LogP contribution in [0.1, 0.15) is 0 Å². The zero-order valence-corrected chi connectivity index (χ0v) is 18.0. The van der Waals surface area contributed by atoms with E-state index in [9.17, 15) is 25.9 Å². The lowest BCUT2D eigenvalue weighted by molar-refractivity contribution is 0.460. The average molecular weight is 469 g/mol. The molecule has 4 aromatic rings. The highest BCUT2D eigenvalue weighted by atomic mass is 32.2. The molecule has 0 aromatic heterocycles. The van der Waals surface area contributed by atoms with Crippen molar-refractivity contribution in [3.05, 3.63) is 84.9 Å². The van der Waals surface area contributed by atoms with Crippen molar-refractivity contribution in [2.45, 2.75) is 9.79 Å². The zero-order chi connectivity index (χ0) is 22.9. The van der Waals surface area contributed by atoms with E-state index in [0.717, 1.165) is 12.1 Å². The molecule has 4 rings (SSSR count). The van der Waals surface area contributed by atoms with Crippen LogP contribution in [0.5, 0.6) is 0 Å². The van der Waals surface area contributed by atoms with Crippen LogP contribution in [-0.4, -0.2) is 25.9 Å². The van der Waals surface area contributed by atoms with Crippen LogP contribution in [0, 0.1) is 0 Å². The second-order valence-corrected chi connectivity index (χ2v) is 9.56. The summed E-state index contributed by atoms with van der Waals surface area (Å²) in [6, 6.07) is 22.1. The summed E-state index contributed by atoms with van der Waals surface area (Å²) >= 11 is 0. The number of rotatable bonds is 6. The maximum absolute atomic E-state index is 12.1. The monoisotopic (exact) mass is 468 g/mol. The van der Waals surface area contributed by atoms with Crippen LogP contribution in [-0.2, 0) is 20.2 Å². The molecule has 0 spiro atoms. The SMILES string of the molecule is O=S(=O)([O-])c1ccc(S(=O)(=O)[O-])c2c(Nc3ccccc3)ccc(Nc3ccccc3)c12. The largest absolute Gasteiger partial charge is 0.744 e. The molecule has 0 heterocycles. The maximum atomic E-state index is 12.1. The Labute approximate surface area is 185 Å². The predicted octanol–water partition coefficient (Wildman–Crippen LogP) is 4.14. The number of para-hydroxylation sites is 2. The lowest BCUT2D eigenvalue weighted by Crippen LogP contribution is -2.07. The van der Waals surface area contributed by atoms with Gasteiger partial charge in [0.25, 0.3) is 0 Å². The van der Waals surface area contributed by atoms with Gasteiger partial charge in [0.15, 0.2) is 0 Å². The molecule has 0 aliphatic carbocycles. The quantitative estimate of drug-likeness (QED) is 0.403. The van der Waals surface area contributed by atoms with E-state index in [-0.39, 0.29) is 22.1 Å². The standard InChI is InChI=1S/C22H18N2O6S2/c25-31(26,27)19-13-14-20(32(28,29)30)22-18(24-16-9-5-2-6-10-16)12-11-17(21(19)22)23-15-7-3-1-4-8-15/h1-14,23-24H,(H,25,26,27)(H,28,29,30)/p-2. The van der Waals surface area contributed by atoms with Crippen LogP contribution in [0.4, 0.5) is 22.7 Å². The molecule has 0 amide bonds. The van der Waals surface area contributed by atoms with E-state index < -0.39 is 30.0 Å². The lowest BCUT2D eigenvalue weighted by atomic mass is 10.1. The molecule has 2 N–H and O–H groups in total. The van der Waals surface area contributed by atoms with E-state index >= 15 is 0 Å². The first-order valence-corrected chi connectivity index (χ1v) is 12.1. The molecule has 0 unspecified atom stereocenters. The first-order chi connectivity index (χ1) is 15.1. The van der Waals surface area contributed by atoms with Gasteiger partial charge in [0.2, 0.25) is 0 Å². The molecule has 32 heavy (non-hydrogen) atoms. The summed E-state index contributed by atoms with van der Waals surface area (Å²) in [6.07, 6.45) is 0. The Morgan fingerprint density at radius 1 is 0.500 bits per heavy atom. The van der Waals surface area contributed by atoms with Gasteiger partial charge in [-0.1, -0.05) is 36.4 Å². The van der Waals surface area contributed by atoms with Crippen molar-refractivity contribution in [1.82, 2.24) is 0 Å². The van der Waals surface area contributed by atoms with Crippen molar-refractivity contribution in [2.75, 3.05) is 10.6 Å². The molecule has 4 aromatic carbocycles. The van der Waals surface area contributed by atoms with Gasteiger partial charge < -0.3 is 19.7 Å². The summed E-state index contributed by atoms with van der Waals surface area (Å²) in [6.45, 7) is 0. The molecule has 0 fully saturated rings. The molecule has 0 aliphatic heterocycles. The van der Waals surface area contributed by atoms with Crippen molar-refractivity contribution in [2.24, 2.45) is 0 Å². The fourth-order valence-corrected chi connectivity index (χ4v) is 4.81. The van der Waals surface area contributed by atoms with E-state index in [1.807, 2.05) is 0 Å². The summed E-state index contributed by atoms with van der Waals surface area (Å²) in [5.41, 5.74) is 1.46. The molecule has 164 valence electrons. The summed E-state index contributed by atoms with van der Waals surface area (Å²) in [5, 5.41) is 5.62. The normalized spacial score (nSPS) is 11.9. The molecule has 0 bridgehead atoms. The van der Waals surface area contributed by atoms with E-state index in [1.165, 1.54) is 12.1 Å². The van der Waals surface area contributed by atoms with Crippen LogP contribution in [0.15, 0.2) is 94.7 Å². The number of benzene rings is 4. The Bertz CT molecular complexity index is 1390.